The van der Waals surface area contributed by atoms with Crippen LogP contribution in [-0.2, 0) is 0 Å². The van der Waals surface area contributed by atoms with E-state index in [-0.39, 0.29) is 0 Å². The SMILES string of the molecule is [C-]#[N+]c1ccc(-c2ccc(-c3cc4c5ccccc5c(-c5cccc(-c6nc(-c7ccccc7)nc(-c7ccc8c(c7)sc7ccccc78)n6)c5)cc4c4ccccc34)c3ccccc23)cc1. The highest BCUT2D eigenvalue weighted by atomic mass is 32.1. The Bertz CT molecular complexity index is 4170. The highest BCUT2D eigenvalue weighted by Gasteiger charge is 2.19. The van der Waals surface area contributed by atoms with Crippen LogP contribution < -0.4 is 0 Å². The molecule has 13 aromatic rings. The number of fused-ring (bicyclic) bond motifs is 9. The van der Waals surface area contributed by atoms with Gasteiger partial charge < -0.3 is 0 Å². The lowest BCUT2D eigenvalue weighted by molar-refractivity contribution is 1.07. The van der Waals surface area contributed by atoms with Crippen molar-refractivity contribution < 1.29 is 0 Å². The summed E-state index contributed by atoms with van der Waals surface area (Å²) in [5.74, 6) is 1.91. The molecular weight excluding hydrogens is 833 g/mol. The van der Waals surface area contributed by atoms with E-state index >= 15 is 0 Å². The molecule has 0 N–H and O–H groups in total. The van der Waals surface area contributed by atoms with Gasteiger partial charge in [-0.25, -0.2) is 19.8 Å². The van der Waals surface area contributed by atoms with E-state index in [2.05, 4.69) is 193 Å². The fraction of sp³-hybridized carbons (Fsp3) is 0. The Morgan fingerprint density at radius 3 is 1.45 bits per heavy atom. The Balaban J connectivity index is 0.972. The van der Waals surface area contributed by atoms with Crippen LogP contribution in [0.5, 0.6) is 0 Å². The van der Waals surface area contributed by atoms with Gasteiger partial charge in [-0.3, -0.25) is 0 Å². The monoisotopic (exact) mass is 868 g/mol. The maximum absolute atomic E-state index is 7.45. The van der Waals surface area contributed by atoms with Gasteiger partial charge in [-0.1, -0.05) is 188 Å². The normalized spacial score (nSPS) is 11.6. The third-order valence-corrected chi connectivity index (χ3v) is 14.3. The summed E-state index contributed by atoms with van der Waals surface area (Å²) >= 11 is 1.80. The van der Waals surface area contributed by atoms with Gasteiger partial charge in [0.25, 0.3) is 0 Å². The fourth-order valence-electron chi connectivity index (χ4n) is 9.96. The molecule has 5 heteroatoms. The number of rotatable bonds is 6. The molecule has 11 aromatic carbocycles. The van der Waals surface area contributed by atoms with Gasteiger partial charge in [0, 0.05) is 36.9 Å². The third-order valence-electron chi connectivity index (χ3n) is 13.1. The van der Waals surface area contributed by atoms with Gasteiger partial charge in [-0.05, 0) is 107 Å². The lowest BCUT2D eigenvalue weighted by atomic mass is 9.85. The van der Waals surface area contributed by atoms with E-state index < -0.39 is 0 Å². The Labute approximate surface area is 390 Å². The van der Waals surface area contributed by atoms with Crippen molar-refractivity contribution >= 4 is 80.3 Å². The first-order chi connectivity index (χ1) is 33.1. The predicted molar refractivity (Wildman–Crippen MR) is 282 cm³/mol. The summed E-state index contributed by atoms with van der Waals surface area (Å²) in [7, 11) is 0. The van der Waals surface area contributed by atoms with Gasteiger partial charge in [-0.2, -0.15) is 0 Å². The zero-order valence-corrected chi connectivity index (χ0v) is 36.8. The van der Waals surface area contributed by atoms with Gasteiger partial charge in [0.15, 0.2) is 23.2 Å². The van der Waals surface area contributed by atoms with Crippen molar-refractivity contribution in [3.63, 3.8) is 0 Å². The Morgan fingerprint density at radius 1 is 0.284 bits per heavy atom. The summed E-state index contributed by atoms with van der Waals surface area (Å²) in [6, 6.07) is 77.4. The molecule has 0 atom stereocenters. The summed E-state index contributed by atoms with van der Waals surface area (Å²) < 4.78 is 2.47. The van der Waals surface area contributed by atoms with Gasteiger partial charge >= 0.3 is 0 Å². The number of thiophene rings is 1. The molecule has 67 heavy (non-hydrogen) atoms. The van der Waals surface area contributed by atoms with Crippen LogP contribution >= 0.6 is 11.3 Å². The Hall–Kier alpha value is -8.82. The van der Waals surface area contributed by atoms with Crippen molar-refractivity contribution in [1.82, 2.24) is 15.0 Å². The minimum absolute atomic E-state index is 0.626. The van der Waals surface area contributed by atoms with Gasteiger partial charge in [-0.15, -0.1) is 11.3 Å². The van der Waals surface area contributed by atoms with Gasteiger partial charge in [0.2, 0.25) is 0 Å². The highest BCUT2D eigenvalue weighted by Crippen LogP contribution is 2.45. The van der Waals surface area contributed by atoms with Gasteiger partial charge in [0.05, 0.1) is 6.57 Å². The van der Waals surface area contributed by atoms with Crippen molar-refractivity contribution in [3.8, 4) is 67.5 Å². The molecule has 0 spiro atoms. The second kappa shape index (κ2) is 15.7. The summed E-state index contributed by atoms with van der Waals surface area (Å²) in [6.07, 6.45) is 0. The highest BCUT2D eigenvalue weighted by molar-refractivity contribution is 7.25. The molecule has 0 bridgehead atoms. The summed E-state index contributed by atoms with van der Waals surface area (Å²) in [6.45, 7) is 7.45. The standard InChI is InChI=1S/C62H36N4S/c1-63-43-29-26-38(27-30-43)44-32-33-51(46-19-6-5-18-45(44)46)55-37-57-48-21-8-7-20-47(48)54(36-56(57)50-23-10-9-22-49(50)55)40-16-13-17-41(34-40)61-64-60(39-14-3-2-4-15-39)65-62(66-61)42-28-31-53-52-24-11-12-25-58(52)67-59(53)35-42/h2-37H. The quantitative estimate of drug-likeness (QED) is 0.123. The van der Waals surface area contributed by atoms with Crippen molar-refractivity contribution in [1.29, 1.82) is 0 Å². The maximum Gasteiger partial charge on any atom is 0.187 e. The summed E-state index contributed by atoms with van der Waals surface area (Å²) in [4.78, 5) is 19.1. The second-order valence-electron chi connectivity index (χ2n) is 17.0. The van der Waals surface area contributed by atoms with E-state index in [1.807, 2.05) is 30.3 Å². The van der Waals surface area contributed by atoms with Crippen LogP contribution in [-0.4, -0.2) is 15.0 Å². The lowest BCUT2D eigenvalue weighted by Gasteiger charge is -2.18. The van der Waals surface area contributed by atoms with Crippen molar-refractivity contribution in [2.24, 2.45) is 0 Å². The summed E-state index contributed by atoms with van der Waals surface area (Å²) in [5, 5.41) is 12.0. The molecule has 0 saturated heterocycles. The third kappa shape index (κ3) is 6.54. The molecule has 0 aliphatic carbocycles. The van der Waals surface area contributed by atoms with Crippen LogP contribution in [0.25, 0.3) is 136 Å². The van der Waals surface area contributed by atoms with Crippen LogP contribution in [0.1, 0.15) is 0 Å². The van der Waals surface area contributed by atoms with Crippen LogP contribution in [0, 0.1) is 6.57 Å². The molecule has 0 unspecified atom stereocenters. The van der Waals surface area contributed by atoms with E-state index in [0.717, 1.165) is 38.9 Å². The molecule has 2 heterocycles. The fourth-order valence-corrected chi connectivity index (χ4v) is 11.1. The first-order valence-corrected chi connectivity index (χ1v) is 23.2. The molecule has 0 radical (unpaired) electrons. The lowest BCUT2D eigenvalue weighted by Crippen LogP contribution is -2.00. The molecule has 0 aliphatic rings. The molecular formula is C62H36N4S. The average Bonchev–Trinajstić information content (AvgIpc) is 3.78. The summed E-state index contributed by atoms with van der Waals surface area (Å²) in [5.41, 5.74) is 10.3. The molecule has 0 aliphatic heterocycles. The minimum Gasteiger partial charge on any atom is -0.238 e. The topological polar surface area (TPSA) is 43.0 Å². The molecule has 0 fully saturated rings. The predicted octanol–water partition coefficient (Wildman–Crippen LogP) is 17.4. The number of aromatic nitrogens is 3. The number of nitrogens with zero attached hydrogens (tertiary/aromatic N) is 4. The number of hydrogen-bond acceptors (Lipinski definition) is 4. The molecule has 0 saturated carbocycles. The first-order valence-electron chi connectivity index (χ1n) is 22.4. The van der Waals surface area contributed by atoms with Crippen LogP contribution in [0.2, 0.25) is 0 Å². The van der Waals surface area contributed by atoms with Crippen molar-refractivity contribution in [2.75, 3.05) is 0 Å². The first kappa shape index (κ1) is 38.6. The molecule has 2 aromatic heterocycles. The largest absolute Gasteiger partial charge is 0.238 e. The van der Waals surface area contributed by atoms with Crippen LogP contribution in [0.3, 0.4) is 0 Å². The van der Waals surface area contributed by atoms with Crippen molar-refractivity contribution in [2.45, 2.75) is 0 Å². The molecule has 13 rings (SSSR count). The van der Waals surface area contributed by atoms with E-state index in [9.17, 15) is 0 Å². The van der Waals surface area contributed by atoms with Crippen LogP contribution in [0.15, 0.2) is 218 Å². The number of benzene rings is 11. The van der Waals surface area contributed by atoms with E-state index in [1.54, 1.807) is 11.3 Å². The smallest absolute Gasteiger partial charge is 0.187 e. The van der Waals surface area contributed by atoms with E-state index in [4.69, 9.17) is 21.5 Å². The Kier molecular flexibility index (Phi) is 9.06. The molecule has 310 valence electrons. The van der Waals surface area contributed by atoms with Gasteiger partial charge in [0.1, 0.15) is 0 Å². The van der Waals surface area contributed by atoms with E-state index in [0.29, 0.717) is 23.2 Å². The molecule has 0 amide bonds. The zero-order valence-electron chi connectivity index (χ0n) is 36.0. The maximum atomic E-state index is 7.45. The van der Waals surface area contributed by atoms with E-state index in [1.165, 1.54) is 74.4 Å². The zero-order chi connectivity index (χ0) is 44.4. The second-order valence-corrected chi connectivity index (χ2v) is 18.0. The number of hydrogen-bond donors (Lipinski definition) is 0. The minimum atomic E-state index is 0.626. The van der Waals surface area contributed by atoms with Crippen molar-refractivity contribution in [3.05, 3.63) is 230 Å². The van der Waals surface area contributed by atoms with Crippen LogP contribution in [0.4, 0.5) is 5.69 Å². The molecule has 4 nitrogen and oxygen atoms in total. The average molecular weight is 869 g/mol. The Morgan fingerprint density at radius 2 is 0.761 bits per heavy atom.